The molecule has 0 aromatic heterocycles. The van der Waals surface area contributed by atoms with E-state index in [1.807, 2.05) is 6.92 Å². The standard InChI is InChI=1S/C20H28O5/c1-9-10-6-11(15(9)22)14-12(7-10)20(24)17(23)16-18(2,3)5-4-13(21)19(14,16)8-25-20/h9-11,13,16-17,21,23-24H,4-8H2,1-3H3/t9-,10-,11+,13+,16-,17+,19+,20+/m1/s1. The zero-order valence-corrected chi connectivity index (χ0v) is 15.2. The van der Waals surface area contributed by atoms with Crippen LogP contribution < -0.4 is 0 Å². The third-order valence-electron chi connectivity index (χ3n) is 8.41. The number of rotatable bonds is 0. The van der Waals surface area contributed by atoms with Crippen molar-refractivity contribution in [1.29, 1.82) is 0 Å². The molecule has 0 amide bonds. The van der Waals surface area contributed by atoms with Crippen LogP contribution in [0.2, 0.25) is 0 Å². The Kier molecular flexibility index (Phi) is 2.99. The predicted molar refractivity (Wildman–Crippen MR) is 89.3 cm³/mol. The minimum Gasteiger partial charge on any atom is -0.392 e. The van der Waals surface area contributed by atoms with Gasteiger partial charge in [0.2, 0.25) is 5.79 Å². The number of Topliss-reactive ketones (excluding diaryl/α,β-unsaturated/α-hetero) is 1. The Morgan fingerprint density at radius 1 is 1.24 bits per heavy atom. The van der Waals surface area contributed by atoms with Gasteiger partial charge in [0, 0.05) is 23.2 Å². The normalized spacial score (nSPS) is 56.0. The number of ether oxygens (including phenoxy) is 1. The van der Waals surface area contributed by atoms with E-state index >= 15 is 0 Å². The Labute approximate surface area is 148 Å². The maximum atomic E-state index is 12.9. The van der Waals surface area contributed by atoms with Crippen LogP contribution in [0.3, 0.4) is 0 Å². The van der Waals surface area contributed by atoms with Gasteiger partial charge in [-0.25, -0.2) is 0 Å². The van der Waals surface area contributed by atoms with Crippen LogP contribution >= 0.6 is 0 Å². The van der Waals surface area contributed by atoms with Gasteiger partial charge in [-0.2, -0.15) is 0 Å². The number of aliphatic hydroxyl groups excluding tert-OH is 2. The molecule has 6 rings (SSSR count). The predicted octanol–water partition coefficient (Wildman–Crippen LogP) is 1.40. The van der Waals surface area contributed by atoms with E-state index < -0.39 is 23.4 Å². The lowest BCUT2D eigenvalue weighted by Gasteiger charge is -2.67. The molecule has 8 atom stereocenters. The van der Waals surface area contributed by atoms with Crippen LogP contribution in [-0.4, -0.2) is 45.7 Å². The van der Waals surface area contributed by atoms with Gasteiger partial charge in [0.1, 0.15) is 11.9 Å². The highest BCUT2D eigenvalue weighted by molar-refractivity contribution is 5.90. The molecule has 1 spiro atoms. The van der Waals surface area contributed by atoms with Crippen LogP contribution in [0.4, 0.5) is 0 Å². The van der Waals surface area contributed by atoms with Crippen LogP contribution in [-0.2, 0) is 9.53 Å². The summed E-state index contributed by atoms with van der Waals surface area (Å²) in [7, 11) is 0. The van der Waals surface area contributed by atoms with Crippen LogP contribution in [0.5, 0.6) is 0 Å². The summed E-state index contributed by atoms with van der Waals surface area (Å²) in [6, 6.07) is 0. The molecule has 5 heteroatoms. The van der Waals surface area contributed by atoms with Crippen molar-refractivity contribution in [3.05, 3.63) is 11.1 Å². The lowest BCUT2D eigenvalue weighted by Crippen LogP contribution is -2.74. The summed E-state index contributed by atoms with van der Waals surface area (Å²) in [6.45, 7) is 6.37. The Balaban J connectivity index is 1.79. The van der Waals surface area contributed by atoms with E-state index in [1.54, 1.807) is 0 Å². The van der Waals surface area contributed by atoms with Crippen molar-refractivity contribution in [3.8, 4) is 0 Å². The number of fused-ring (bicyclic) bond motifs is 3. The zero-order chi connectivity index (χ0) is 17.9. The Bertz CT molecular complexity index is 696. The summed E-state index contributed by atoms with van der Waals surface area (Å²) in [4.78, 5) is 12.9. The van der Waals surface area contributed by atoms with Crippen LogP contribution in [0.25, 0.3) is 0 Å². The molecule has 2 aliphatic heterocycles. The van der Waals surface area contributed by atoms with Crippen molar-refractivity contribution in [1.82, 2.24) is 0 Å². The fourth-order valence-electron chi connectivity index (χ4n) is 7.17. The Morgan fingerprint density at radius 2 is 1.96 bits per heavy atom. The number of hydrogen-bond donors (Lipinski definition) is 3. The maximum absolute atomic E-state index is 12.9. The van der Waals surface area contributed by atoms with E-state index in [1.165, 1.54) is 0 Å². The fourth-order valence-corrected chi connectivity index (χ4v) is 7.17. The third kappa shape index (κ3) is 1.63. The van der Waals surface area contributed by atoms with Crippen LogP contribution in [0, 0.1) is 34.5 Å². The van der Waals surface area contributed by atoms with E-state index in [2.05, 4.69) is 13.8 Å². The molecule has 4 aliphatic carbocycles. The number of carbonyl (C=O) groups is 1. The molecule has 5 nitrogen and oxygen atoms in total. The van der Waals surface area contributed by atoms with E-state index in [-0.39, 0.29) is 41.5 Å². The molecule has 25 heavy (non-hydrogen) atoms. The topological polar surface area (TPSA) is 87.0 Å². The maximum Gasteiger partial charge on any atom is 0.215 e. The lowest BCUT2D eigenvalue weighted by molar-refractivity contribution is -0.346. The average Bonchev–Trinajstić information content (AvgIpc) is 2.78. The summed E-state index contributed by atoms with van der Waals surface area (Å²) in [5, 5.41) is 33.6. The summed E-state index contributed by atoms with van der Waals surface area (Å²) < 4.78 is 5.84. The first-order valence-electron chi connectivity index (χ1n) is 9.65. The smallest absolute Gasteiger partial charge is 0.215 e. The molecule has 0 aromatic carbocycles. The van der Waals surface area contributed by atoms with Gasteiger partial charge >= 0.3 is 0 Å². The first kappa shape index (κ1) is 16.4. The average molecular weight is 348 g/mol. The van der Waals surface area contributed by atoms with E-state index in [0.717, 1.165) is 18.4 Å². The molecule has 138 valence electrons. The second kappa shape index (κ2) is 4.56. The summed E-state index contributed by atoms with van der Waals surface area (Å²) in [6.07, 6.45) is 1.12. The quantitative estimate of drug-likeness (QED) is 0.576. The van der Waals surface area contributed by atoms with Gasteiger partial charge in [0.05, 0.1) is 12.7 Å². The molecule has 2 saturated carbocycles. The van der Waals surface area contributed by atoms with Crippen LogP contribution in [0.15, 0.2) is 11.1 Å². The third-order valence-corrected chi connectivity index (χ3v) is 8.41. The molecule has 0 radical (unpaired) electrons. The molecule has 1 saturated heterocycles. The molecule has 6 aliphatic rings. The zero-order valence-electron chi connectivity index (χ0n) is 15.2. The summed E-state index contributed by atoms with van der Waals surface area (Å²) in [5.41, 5.74) is 0.663. The fraction of sp³-hybridized carbons (Fsp3) is 0.850. The van der Waals surface area contributed by atoms with Gasteiger partial charge in [-0.1, -0.05) is 20.8 Å². The van der Waals surface area contributed by atoms with Gasteiger partial charge in [-0.3, -0.25) is 4.79 Å². The second-order valence-corrected chi connectivity index (χ2v) is 9.83. The SMILES string of the molecule is C[C@H]1C(=O)[C@H]2C[C@@H]1CC1=C2[C@@]23CO[C@]1(O)[C@@H](O)[C@@H]2C(C)(C)CC[C@@H]3O. The molecular formula is C20H28O5. The Morgan fingerprint density at radius 3 is 2.68 bits per heavy atom. The van der Waals surface area contributed by atoms with Crippen molar-refractivity contribution in [3.63, 3.8) is 0 Å². The van der Waals surface area contributed by atoms with Crippen molar-refractivity contribution in [2.45, 2.75) is 64.4 Å². The van der Waals surface area contributed by atoms with Crippen molar-refractivity contribution in [2.24, 2.45) is 34.5 Å². The molecule has 0 unspecified atom stereocenters. The summed E-state index contributed by atoms with van der Waals surface area (Å²) >= 11 is 0. The van der Waals surface area contributed by atoms with Gasteiger partial charge < -0.3 is 20.1 Å². The molecule has 3 N–H and O–H groups in total. The van der Waals surface area contributed by atoms with Crippen molar-refractivity contribution < 1.29 is 24.9 Å². The number of carbonyl (C=O) groups excluding carboxylic acids is 1. The highest BCUT2D eigenvalue weighted by Crippen LogP contribution is 2.69. The number of hydrogen-bond acceptors (Lipinski definition) is 5. The molecule has 0 aromatic rings. The Hall–Kier alpha value is -0.750. The largest absolute Gasteiger partial charge is 0.392 e. The molecule has 3 fully saturated rings. The number of ketones is 1. The van der Waals surface area contributed by atoms with Crippen molar-refractivity contribution >= 4 is 5.78 Å². The molecular weight excluding hydrogens is 320 g/mol. The van der Waals surface area contributed by atoms with Crippen molar-refractivity contribution in [2.75, 3.05) is 6.61 Å². The van der Waals surface area contributed by atoms with Gasteiger partial charge in [0.25, 0.3) is 0 Å². The second-order valence-electron chi connectivity index (χ2n) is 9.83. The van der Waals surface area contributed by atoms with Gasteiger partial charge in [-0.15, -0.1) is 0 Å². The van der Waals surface area contributed by atoms with Crippen LogP contribution in [0.1, 0.15) is 46.5 Å². The van der Waals surface area contributed by atoms with Gasteiger partial charge in [-0.05, 0) is 48.2 Å². The summed E-state index contributed by atoms with van der Waals surface area (Å²) in [5.74, 6) is -1.81. The monoisotopic (exact) mass is 348 g/mol. The van der Waals surface area contributed by atoms with E-state index in [0.29, 0.717) is 18.4 Å². The number of aliphatic hydroxyl groups is 3. The first-order valence-corrected chi connectivity index (χ1v) is 9.65. The highest BCUT2D eigenvalue weighted by Gasteiger charge is 2.73. The molecule has 4 bridgehead atoms. The van der Waals surface area contributed by atoms with E-state index in [4.69, 9.17) is 4.74 Å². The molecule has 2 heterocycles. The van der Waals surface area contributed by atoms with E-state index in [9.17, 15) is 20.1 Å². The highest BCUT2D eigenvalue weighted by atomic mass is 16.6. The lowest BCUT2D eigenvalue weighted by atomic mass is 9.43. The minimum absolute atomic E-state index is 0.0284. The minimum atomic E-state index is -1.70. The van der Waals surface area contributed by atoms with Gasteiger partial charge in [0.15, 0.2) is 0 Å². The first-order chi connectivity index (χ1) is 11.6.